The fraction of sp³-hybridized carbons (Fsp3) is 0.267. The summed E-state index contributed by atoms with van der Waals surface area (Å²) in [6.07, 6.45) is 1.07. The summed E-state index contributed by atoms with van der Waals surface area (Å²) in [4.78, 5) is 28.5. The maximum absolute atomic E-state index is 12.1. The first-order valence-electron chi connectivity index (χ1n) is 7.74. The lowest BCUT2D eigenvalue weighted by atomic mass is 10.2. The van der Waals surface area contributed by atoms with Gasteiger partial charge >= 0.3 is 5.69 Å². The van der Waals surface area contributed by atoms with Crippen molar-refractivity contribution in [2.45, 2.75) is 0 Å². The summed E-state index contributed by atoms with van der Waals surface area (Å²) in [6.45, 7) is 2.64. The van der Waals surface area contributed by atoms with E-state index in [0.29, 0.717) is 26.3 Å². The molecule has 0 atom stereocenters. The van der Waals surface area contributed by atoms with Gasteiger partial charge in [-0.3, -0.25) is 14.9 Å². The van der Waals surface area contributed by atoms with Gasteiger partial charge in [-0.1, -0.05) is 11.6 Å². The molecule has 1 amide bonds. The number of hydrogen-bond acceptors (Lipinski definition) is 9. The Morgan fingerprint density at radius 3 is 2.93 bits per heavy atom. The predicted octanol–water partition coefficient (Wildman–Crippen LogP) is 2.01. The molecule has 10 nitrogen and oxygen atoms in total. The van der Waals surface area contributed by atoms with Crippen LogP contribution < -0.4 is 10.3 Å². The number of rotatable bonds is 5. The average Bonchev–Trinajstić information content (AvgIpc) is 3.15. The minimum absolute atomic E-state index is 0.00165. The van der Waals surface area contributed by atoms with Crippen molar-refractivity contribution in [3.8, 4) is 5.75 Å². The van der Waals surface area contributed by atoms with Crippen LogP contribution in [0.2, 0.25) is 5.02 Å². The number of phenolic OH excluding ortho intramolecular Hbond substituents is 1. The number of phenols is 1. The molecule has 0 saturated carbocycles. The van der Waals surface area contributed by atoms with E-state index in [4.69, 9.17) is 16.3 Å². The summed E-state index contributed by atoms with van der Waals surface area (Å²) in [5, 5.41) is 26.9. The van der Waals surface area contributed by atoms with Gasteiger partial charge in [0.1, 0.15) is 5.69 Å². The molecule has 0 radical (unpaired) electrons. The number of carbonyl (C=O) groups excluding carboxylic acids is 1. The largest absolute Gasteiger partial charge is 0.502 e. The second-order valence-corrected chi connectivity index (χ2v) is 6.71. The lowest BCUT2D eigenvalue weighted by Gasteiger charge is -2.25. The zero-order chi connectivity index (χ0) is 19.4. The Kier molecular flexibility index (Phi) is 5.84. The summed E-state index contributed by atoms with van der Waals surface area (Å²) < 4.78 is 5.28. The number of hydrogen-bond donors (Lipinski definition) is 2. The molecule has 3 rings (SSSR count). The van der Waals surface area contributed by atoms with Crippen molar-refractivity contribution in [1.29, 1.82) is 0 Å². The highest BCUT2D eigenvalue weighted by Crippen LogP contribution is 2.32. The second kappa shape index (κ2) is 8.29. The number of aromatic nitrogens is 1. The van der Waals surface area contributed by atoms with Crippen molar-refractivity contribution in [1.82, 2.24) is 10.4 Å². The number of benzene rings is 1. The van der Waals surface area contributed by atoms with Crippen LogP contribution in [0.5, 0.6) is 5.75 Å². The lowest BCUT2D eigenvalue weighted by Crippen LogP contribution is -2.36. The third-order valence-corrected chi connectivity index (χ3v) is 4.78. The molecule has 0 bridgehead atoms. The summed E-state index contributed by atoms with van der Waals surface area (Å²) in [5.41, 5.74) is 1.91. The van der Waals surface area contributed by atoms with E-state index in [0.717, 1.165) is 17.4 Å². The number of halogens is 1. The van der Waals surface area contributed by atoms with Crippen LogP contribution in [0.15, 0.2) is 22.6 Å². The van der Waals surface area contributed by atoms with Crippen molar-refractivity contribution in [3.63, 3.8) is 0 Å². The number of morpholine rings is 1. The summed E-state index contributed by atoms with van der Waals surface area (Å²) in [5.74, 6) is -1.14. The Bertz CT molecular complexity index is 897. The number of nitro benzene ring substituents is 1. The SMILES string of the molecule is O=C(N/N=C/c1cc(Cl)cc([N+](=O)[O-])c1O)c1csc(N2CCOCC2)n1. The van der Waals surface area contributed by atoms with Gasteiger partial charge in [0.15, 0.2) is 5.13 Å². The zero-order valence-electron chi connectivity index (χ0n) is 13.8. The Labute approximate surface area is 162 Å². The fourth-order valence-corrected chi connectivity index (χ4v) is 3.41. The third-order valence-electron chi connectivity index (χ3n) is 3.66. The van der Waals surface area contributed by atoms with Crippen molar-refractivity contribution >= 4 is 45.9 Å². The number of nitrogens with zero attached hydrogens (tertiary/aromatic N) is 4. The van der Waals surface area contributed by atoms with E-state index in [9.17, 15) is 20.0 Å². The first-order chi connectivity index (χ1) is 13.0. The van der Waals surface area contributed by atoms with Crippen LogP contribution in [0.1, 0.15) is 16.1 Å². The van der Waals surface area contributed by atoms with Crippen LogP contribution in [0.4, 0.5) is 10.8 Å². The second-order valence-electron chi connectivity index (χ2n) is 5.43. The molecule has 0 unspecified atom stereocenters. The highest BCUT2D eigenvalue weighted by atomic mass is 35.5. The molecule has 142 valence electrons. The Balaban J connectivity index is 1.67. The summed E-state index contributed by atoms with van der Waals surface area (Å²) in [6, 6.07) is 2.31. The highest BCUT2D eigenvalue weighted by Gasteiger charge is 2.19. The normalized spacial score (nSPS) is 14.5. The smallest absolute Gasteiger partial charge is 0.312 e. The number of thiazole rings is 1. The Morgan fingerprint density at radius 2 is 2.22 bits per heavy atom. The lowest BCUT2D eigenvalue weighted by molar-refractivity contribution is -0.385. The molecule has 0 spiro atoms. The van der Waals surface area contributed by atoms with Crippen LogP contribution in [0.3, 0.4) is 0 Å². The number of ether oxygens (including phenoxy) is 1. The van der Waals surface area contributed by atoms with Gasteiger partial charge in [0, 0.05) is 35.1 Å². The van der Waals surface area contributed by atoms with Gasteiger partial charge in [-0.05, 0) is 6.07 Å². The molecule has 2 N–H and O–H groups in total. The van der Waals surface area contributed by atoms with Crippen LogP contribution in [0.25, 0.3) is 0 Å². The molecule has 12 heteroatoms. The van der Waals surface area contributed by atoms with E-state index in [-0.39, 0.29) is 16.3 Å². The van der Waals surface area contributed by atoms with Gasteiger partial charge in [0.2, 0.25) is 5.75 Å². The molecule has 1 aromatic carbocycles. The van der Waals surface area contributed by atoms with Gasteiger partial charge in [-0.15, -0.1) is 11.3 Å². The minimum Gasteiger partial charge on any atom is -0.502 e. The average molecular weight is 412 g/mol. The highest BCUT2D eigenvalue weighted by molar-refractivity contribution is 7.13. The quantitative estimate of drug-likeness (QED) is 0.437. The van der Waals surface area contributed by atoms with Crippen molar-refractivity contribution in [2.75, 3.05) is 31.2 Å². The Morgan fingerprint density at radius 1 is 1.48 bits per heavy atom. The van der Waals surface area contributed by atoms with E-state index >= 15 is 0 Å². The van der Waals surface area contributed by atoms with E-state index in [1.807, 2.05) is 4.90 Å². The molecule has 2 aromatic rings. The first kappa shape index (κ1) is 19.0. The summed E-state index contributed by atoms with van der Waals surface area (Å²) >= 11 is 7.13. The van der Waals surface area contributed by atoms with E-state index in [1.165, 1.54) is 17.4 Å². The Hall–Kier alpha value is -2.76. The number of nitrogens with one attached hydrogen (secondary N) is 1. The van der Waals surface area contributed by atoms with Crippen molar-refractivity contribution in [3.05, 3.63) is 43.9 Å². The monoisotopic (exact) mass is 411 g/mol. The standard InChI is InChI=1S/C15H14ClN5O5S/c16-10-5-9(13(22)12(6-10)21(24)25)7-17-19-14(23)11-8-27-15(18-11)20-1-3-26-4-2-20/h5-8,22H,1-4H2,(H,19,23)/b17-7+. The van der Waals surface area contributed by atoms with Crippen LogP contribution in [-0.4, -0.2) is 53.4 Å². The van der Waals surface area contributed by atoms with Crippen LogP contribution in [-0.2, 0) is 4.74 Å². The molecule has 1 aliphatic rings. The van der Waals surface area contributed by atoms with Gasteiger partial charge < -0.3 is 14.7 Å². The molecule has 1 aromatic heterocycles. The molecular weight excluding hydrogens is 398 g/mol. The number of nitro groups is 1. The number of hydrazone groups is 1. The number of aromatic hydroxyl groups is 1. The van der Waals surface area contributed by atoms with E-state index < -0.39 is 22.3 Å². The topological polar surface area (TPSA) is 130 Å². The molecule has 1 fully saturated rings. The zero-order valence-corrected chi connectivity index (χ0v) is 15.4. The van der Waals surface area contributed by atoms with E-state index in [2.05, 4.69) is 15.5 Å². The molecule has 0 aliphatic carbocycles. The van der Waals surface area contributed by atoms with Gasteiger partial charge in [-0.25, -0.2) is 10.4 Å². The molecule has 2 heterocycles. The first-order valence-corrected chi connectivity index (χ1v) is 9.00. The summed E-state index contributed by atoms with van der Waals surface area (Å²) in [7, 11) is 0. The molecular formula is C15H14ClN5O5S. The van der Waals surface area contributed by atoms with Gasteiger partial charge in [0.25, 0.3) is 5.91 Å². The predicted molar refractivity (Wildman–Crippen MR) is 100.0 cm³/mol. The number of anilines is 1. The van der Waals surface area contributed by atoms with Crippen LogP contribution in [0, 0.1) is 10.1 Å². The fourth-order valence-electron chi connectivity index (χ4n) is 2.33. The van der Waals surface area contributed by atoms with Crippen molar-refractivity contribution < 1.29 is 19.6 Å². The van der Waals surface area contributed by atoms with Crippen LogP contribution >= 0.6 is 22.9 Å². The number of carbonyl (C=O) groups is 1. The molecule has 1 aliphatic heterocycles. The molecule has 1 saturated heterocycles. The maximum Gasteiger partial charge on any atom is 0.312 e. The van der Waals surface area contributed by atoms with E-state index in [1.54, 1.807) is 5.38 Å². The third kappa shape index (κ3) is 4.51. The van der Waals surface area contributed by atoms with Gasteiger partial charge in [0.05, 0.1) is 24.4 Å². The maximum atomic E-state index is 12.1. The minimum atomic E-state index is -0.764. The molecule has 27 heavy (non-hydrogen) atoms. The number of amides is 1. The van der Waals surface area contributed by atoms with Gasteiger partial charge in [-0.2, -0.15) is 5.10 Å². The van der Waals surface area contributed by atoms with Crippen molar-refractivity contribution in [2.24, 2.45) is 5.10 Å².